The summed E-state index contributed by atoms with van der Waals surface area (Å²) in [6.07, 6.45) is 0. The number of aliphatic hydroxyl groups is 1. The van der Waals surface area contributed by atoms with Crippen molar-refractivity contribution in [2.24, 2.45) is 0 Å². The third-order valence-electron chi connectivity index (χ3n) is 2.98. The van der Waals surface area contributed by atoms with Crippen molar-refractivity contribution in [3.8, 4) is 23.0 Å². The number of ether oxygens (including phenoxy) is 3. The number of hydrogen-bond acceptors (Lipinski definition) is 5. The van der Waals surface area contributed by atoms with E-state index >= 15 is 0 Å². The van der Waals surface area contributed by atoms with Crippen LogP contribution in [0.2, 0.25) is 0 Å². The normalized spacial score (nSPS) is 13.1. The van der Waals surface area contributed by atoms with Gasteiger partial charge in [0.25, 0.3) is 0 Å². The summed E-state index contributed by atoms with van der Waals surface area (Å²) < 4.78 is 16.7. The van der Waals surface area contributed by atoms with Crippen LogP contribution < -0.4 is 19.9 Å². The molecule has 0 saturated heterocycles. The van der Waals surface area contributed by atoms with Gasteiger partial charge in [-0.3, -0.25) is 0 Å². The number of hydrogen-bond donors (Lipinski definition) is 2. The maximum atomic E-state index is 9.12. The molecule has 0 fully saturated rings. The summed E-state index contributed by atoms with van der Waals surface area (Å²) in [5.41, 5.74) is 7.21. The van der Waals surface area contributed by atoms with Crippen molar-refractivity contribution < 1.29 is 19.3 Å². The van der Waals surface area contributed by atoms with Crippen molar-refractivity contribution in [3.05, 3.63) is 42.0 Å². The van der Waals surface area contributed by atoms with Crippen LogP contribution in [-0.4, -0.2) is 18.3 Å². The van der Waals surface area contributed by atoms with Gasteiger partial charge in [0, 0.05) is 12.1 Å². The molecular formula is C15H15NO4. The maximum absolute atomic E-state index is 9.12. The van der Waals surface area contributed by atoms with Crippen LogP contribution in [0.15, 0.2) is 36.4 Å². The molecule has 0 radical (unpaired) electrons. The molecule has 1 aliphatic rings. The zero-order valence-electron chi connectivity index (χ0n) is 10.8. The first-order valence-electron chi connectivity index (χ1n) is 6.33. The lowest BCUT2D eigenvalue weighted by atomic mass is 10.2. The van der Waals surface area contributed by atoms with Gasteiger partial charge in [-0.1, -0.05) is 12.1 Å². The monoisotopic (exact) mass is 273 g/mol. The van der Waals surface area contributed by atoms with E-state index < -0.39 is 0 Å². The molecule has 0 atom stereocenters. The highest BCUT2D eigenvalue weighted by atomic mass is 16.6. The molecule has 5 heteroatoms. The fraction of sp³-hybridized carbons (Fsp3) is 0.200. The first kappa shape index (κ1) is 12.6. The predicted molar refractivity (Wildman–Crippen MR) is 74.3 cm³/mol. The van der Waals surface area contributed by atoms with E-state index in [9.17, 15) is 0 Å². The number of aliphatic hydroxyl groups excluding tert-OH is 1. The van der Waals surface area contributed by atoms with E-state index in [4.69, 9.17) is 25.1 Å². The van der Waals surface area contributed by atoms with Crippen LogP contribution in [0.5, 0.6) is 23.0 Å². The van der Waals surface area contributed by atoms with E-state index in [0.29, 0.717) is 41.9 Å². The molecular weight excluding hydrogens is 258 g/mol. The maximum Gasteiger partial charge on any atom is 0.165 e. The summed E-state index contributed by atoms with van der Waals surface area (Å²) in [6.45, 7) is 0.995. The Labute approximate surface area is 116 Å². The lowest BCUT2D eigenvalue weighted by molar-refractivity contribution is 0.171. The molecule has 0 saturated carbocycles. The van der Waals surface area contributed by atoms with Gasteiger partial charge in [-0.2, -0.15) is 0 Å². The molecule has 0 unspecified atom stereocenters. The fourth-order valence-corrected chi connectivity index (χ4v) is 2.01. The van der Waals surface area contributed by atoms with Gasteiger partial charge in [0.15, 0.2) is 17.2 Å². The average Bonchev–Trinajstić information content (AvgIpc) is 2.48. The number of benzene rings is 2. The lowest BCUT2D eigenvalue weighted by Crippen LogP contribution is -2.15. The molecule has 2 aromatic rings. The van der Waals surface area contributed by atoms with Gasteiger partial charge >= 0.3 is 0 Å². The smallest absolute Gasteiger partial charge is 0.165 e. The van der Waals surface area contributed by atoms with Crippen molar-refractivity contribution >= 4 is 5.69 Å². The molecule has 3 N–H and O–H groups in total. The molecule has 1 heterocycles. The standard InChI is InChI=1S/C15H15NO4/c16-12-7-14-15(19-5-4-18-14)8-13(12)20-11-3-1-2-10(6-11)9-17/h1-3,6-8,17H,4-5,9,16H2. The van der Waals surface area contributed by atoms with E-state index in [1.54, 1.807) is 24.3 Å². The molecule has 3 rings (SSSR count). The lowest BCUT2D eigenvalue weighted by Gasteiger charge is -2.20. The molecule has 0 amide bonds. The Hall–Kier alpha value is -2.40. The van der Waals surface area contributed by atoms with Crippen LogP contribution in [0.3, 0.4) is 0 Å². The first-order valence-corrected chi connectivity index (χ1v) is 6.33. The Morgan fingerprint density at radius 3 is 2.60 bits per heavy atom. The van der Waals surface area contributed by atoms with Gasteiger partial charge in [0.2, 0.25) is 0 Å². The molecule has 0 aromatic heterocycles. The highest BCUT2D eigenvalue weighted by molar-refractivity contribution is 5.63. The molecule has 104 valence electrons. The van der Waals surface area contributed by atoms with Crippen molar-refractivity contribution in [1.82, 2.24) is 0 Å². The first-order chi connectivity index (χ1) is 9.76. The van der Waals surface area contributed by atoms with Crippen LogP contribution >= 0.6 is 0 Å². The van der Waals surface area contributed by atoms with Gasteiger partial charge in [0.05, 0.1) is 12.3 Å². The van der Waals surface area contributed by atoms with E-state index in [1.807, 2.05) is 12.1 Å². The summed E-state index contributed by atoms with van der Waals surface area (Å²) in [5.74, 6) is 2.37. The summed E-state index contributed by atoms with van der Waals surface area (Å²) in [7, 11) is 0. The molecule has 2 aromatic carbocycles. The summed E-state index contributed by atoms with van der Waals surface area (Å²) in [4.78, 5) is 0. The average molecular weight is 273 g/mol. The number of rotatable bonds is 3. The second kappa shape index (κ2) is 5.30. The number of nitrogens with two attached hydrogens (primary N) is 1. The minimum atomic E-state index is -0.0339. The summed E-state index contributed by atoms with van der Waals surface area (Å²) in [6, 6.07) is 10.6. The van der Waals surface area contributed by atoms with Gasteiger partial charge in [-0.05, 0) is 17.7 Å². The Bertz CT molecular complexity index is 627. The number of nitrogen functional groups attached to an aromatic ring is 1. The third-order valence-corrected chi connectivity index (χ3v) is 2.98. The summed E-state index contributed by atoms with van der Waals surface area (Å²) in [5, 5.41) is 9.12. The van der Waals surface area contributed by atoms with Crippen LogP contribution in [0.25, 0.3) is 0 Å². The van der Waals surface area contributed by atoms with Crippen LogP contribution in [0.4, 0.5) is 5.69 Å². The Kier molecular flexibility index (Phi) is 3.35. The SMILES string of the molecule is Nc1cc2c(cc1Oc1cccc(CO)c1)OCCO2. The highest BCUT2D eigenvalue weighted by Crippen LogP contribution is 2.39. The molecule has 0 bridgehead atoms. The zero-order chi connectivity index (χ0) is 13.9. The topological polar surface area (TPSA) is 73.9 Å². The van der Waals surface area contributed by atoms with Crippen molar-refractivity contribution in [2.45, 2.75) is 6.61 Å². The zero-order valence-corrected chi connectivity index (χ0v) is 10.8. The summed E-state index contributed by atoms with van der Waals surface area (Å²) >= 11 is 0. The molecule has 1 aliphatic heterocycles. The van der Waals surface area contributed by atoms with Gasteiger partial charge in [0.1, 0.15) is 19.0 Å². The van der Waals surface area contributed by atoms with Crippen molar-refractivity contribution in [1.29, 1.82) is 0 Å². The van der Waals surface area contributed by atoms with Gasteiger partial charge < -0.3 is 25.1 Å². The molecule has 0 aliphatic carbocycles. The van der Waals surface area contributed by atoms with E-state index in [1.165, 1.54) is 0 Å². The van der Waals surface area contributed by atoms with E-state index in [2.05, 4.69) is 0 Å². The number of fused-ring (bicyclic) bond motifs is 1. The molecule has 20 heavy (non-hydrogen) atoms. The third kappa shape index (κ3) is 2.48. The van der Waals surface area contributed by atoms with Crippen molar-refractivity contribution in [3.63, 3.8) is 0 Å². The molecule has 5 nitrogen and oxygen atoms in total. The molecule has 0 spiro atoms. The van der Waals surface area contributed by atoms with Gasteiger partial charge in [-0.15, -0.1) is 0 Å². The Balaban J connectivity index is 1.90. The van der Waals surface area contributed by atoms with Crippen LogP contribution in [0, 0.1) is 0 Å². The minimum absolute atomic E-state index is 0.0339. The predicted octanol–water partition coefficient (Wildman–Crippen LogP) is 2.32. The quantitative estimate of drug-likeness (QED) is 0.839. The van der Waals surface area contributed by atoms with Crippen molar-refractivity contribution in [2.75, 3.05) is 18.9 Å². The fourth-order valence-electron chi connectivity index (χ4n) is 2.01. The van der Waals surface area contributed by atoms with Crippen LogP contribution in [-0.2, 0) is 6.61 Å². The highest BCUT2D eigenvalue weighted by Gasteiger charge is 2.15. The van der Waals surface area contributed by atoms with Crippen LogP contribution in [0.1, 0.15) is 5.56 Å². The second-order valence-electron chi connectivity index (χ2n) is 4.44. The Morgan fingerprint density at radius 1 is 1.10 bits per heavy atom. The minimum Gasteiger partial charge on any atom is -0.486 e. The van der Waals surface area contributed by atoms with Gasteiger partial charge in [-0.25, -0.2) is 0 Å². The largest absolute Gasteiger partial charge is 0.486 e. The Morgan fingerprint density at radius 2 is 1.85 bits per heavy atom. The number of anilines is 1. The van der Waals surface area contributed by atoms with E-state index in [-0.39, 0.29) is 6.61 Å². The van der Waals surface area contributed by atoms with E-state index in [0.717, 1.165) is 5.56 Å². The second-order valence-corrected chi connectivity index (χ2v) is 4.44.